The molecule has 0 aromatic heterocycles. The Morgan fingerprint density at radius 1 is 0.667 bits per heavy atom. The summed E-state index contributed by atoms with van der Waals surface area (Å²) in [4.78, 5) is 24.9. The summed E-state index contributed by atoms with van der Waals surface area (Å²) in [7, 11) is -1.83. The van der Waals surface area contributed by atoms with Crippen molar-refractivity contribution in [3.8, 4) is 11.5 Å². The van der Waals surface area contributed by atoms with Gasteiger partial charge in [-0.1, -0.05) is 177 Å². The smallest absolute Gasteiger partial charge is 0.349 e. The summed E-state index contributed by atoms with van der Waals surface area (Å²) in [6.07, 6.45) is 6.51. The maximum atomic E-state index is 13.1. The van der Waals surface area contributed by atoms with Gasteiger partial charge >= 0.3 is 23.1 Å². The lowest BCUT2D eigenvalue weighted by Gasteiger charge is -2.57. The molecule has 0 bridgehead atoms. The average molecular weight is 1370 g/mol. The zero-order valence-electron chi connectivity index (χ0n) is 55.7. The second-order valence-corrected chi connectivity index (χ2v) is 39.2. The molecule has 0 saturated carbocycles. The van der Waals surface area contributed by atoms with E-state index < -0.39 is 29.3 Å². The molecule has 2 aromatic carbocycles. The number of aliphatic hydroxyl groups excluding tert-OH is 1. The molecule has 2 aromatic rings. The Kier molecular flexibility index (Phi) is 29.9. The van der Waals surface area contributed by atoms with Gasteiger partial charge in [0.05, 0.1) is 89.8 Å². The van der Waals surface area contributed by atoms with Crippen LogP contribution in [-0.4, -0.2) is 140 Å². The van der Waals surface area contributed by atoms with Crippen LogP contribution in [0, 0.1) is 23.7 Å². The molecule has 14 atom stereocenters. The fourth-order valence-electron chi connectivity index (χ4n) is 13.2. The van der Waals surface area contributed by atoms with Gasteiger partial charge in [-0.2, -0.15) is 0 Å². The molecule has 6 heterocycles. The van der Waals surface area contributed by atoms with Gasteiger partial charge in [0.1, 0.15) is 35.6 Å². The van der Waals surface area contributed by atoms with Gasteiger partial charge < -0.3 is 60.7 Å². The number of ketones is 1. The minimum Gasteiger partial charge on any atom is -0.497 e. The molecule has 8 rings (SSSR count). The highest BCUT2D eigenvalue weighted by Gasteiger charge is 2.65. The van der Waals surface area contributed by atoms with E-state index in [-0.39, 0.29) is 106 Å². The molecule has 87 heavy (non-hydrogen) atoms. The molecule has 0 aliphatic carbocycles. The Bertz CT molecular complexity index is 2360. The van der Waals surface area contributed by atoms with E-state index >= 15 is 0 Å². The number of esters is 1. The average Bonchev–Trinajstić information content (AvgIpc) is 0.846. The number of aliphatic hydroxyl groups is 1. The highest BCUT2D eigenvalue weighted by Crippen LogP contribution is 2.57. The van der Waals surface area contributed by atoms with Crippen molar-refractivity contribution in [3.05, 3.63) is 85.0 Å². The van der Waals surface area contributed by atoms with Gasteiger partial charge in [-0.05, 0) is 71.9 Å². The zero-order valence-corrected chi connectivity index (χ0v) is 59.9. The number of methoxy groups -OCH3 is 2. The molecule has 6 aliphatic rings. The van der Waals surface area contributed by atoms with Crippen LogP contribution in [0.1, 0.15) is 174 Å². The highest BCUT2D eigenvalue weighted by molar-refractivity contribution is 14.1. The number of ether oxygens (including phenoxy) is 8. The van der Waals surface area contributed by atoms with Crippen LogP contribution in [0.4, 0.5) is 0 Å². The van der Waals surface area contributed by atoms with Gasteiger partial charge in [0.25, 0.3) is 0 Å². The number of halogens is 1. The van der Waals surface area contributed by atoms with E-state index in [1.807, 2.05) is 68.5 Å². The Morgan fingerprint density at radius 3 is 1.51 bits per heavy atom. The van der Waals surface area contributed by atoms with Crippen LogP contribution >= 0.6 is 22.6 Å². The van der Waals surface area contributed by atoms with E-state index in [9.17, 15) is 14.7 Å². The standard InChI is InChI=1S/C32H52O7Si.C18H32O5Si.C14H19IO2.C4H8O.CH4/c1-11-27(36-19-23-12-14-25(35-10)15-13-23)21(2)16-24(33)17-22(3)30-26(34)18-28-29(38-30)20-37-40(39-28,31(4,5)6)32(7,8)9;1-11-8-15(19)21-13-9-12-14(22-16(11)13)10-20-24(23-12,17(2,3)4)18(5,6)7;1-4-14(11(2)9-15)17-10-12-5-7-13(16-3)8-6-12;1-2-4-5-3-1;/h11-15,21-22,26-30,34H,1,16-20H2,2-10H3;11-14,16H,8-10H2,1-7H3;4-8,11,14H,1,9-10H2,2-3H3;1-4H2;1H4/t21-,22-,26-,27+,28+,29+,30-;11-,12+,13-,14+,16-;11-,14+;;/m000../s1. The van der Waals surface area contributed by atoms with Gasteiger partial charge in [-0.25, -0.2) is 0 Å². The van der Waals surface area contributed by atoms with Crippen molar-refractivity contribution in [3.63, 3.8) is 0 Å². The van der Waals surface area contributed by atoms with Crippen LogP contribution in [-0.2, 0) is 68.9 Å². The molecule has 0 amide bonds. The molecule has 6 fully saturated rings. The Balaban J connectivity index is 0.000000290. The molecule has 18 heteroatoms. The first-order valence-corrected chi connectivity index (χ1v) is 36.6. The number of hydrogen-bond donors (Lipinski definition) is 1. The zero-order chi connectivity index (χ0) is 64.0. The number of fused-ring (bicyclic) bond motifs is 3. The van der Waals surface area contributed by atoms with Crippen molar-refractivity contribution < 1.29 is 70.3 Å². The first-order chi connectivity index (χ1) is 40.3. The molecule has 0 unspecified atom stereocenters. The van der Waals surface area contributed by atoms with Gasteiger partial charge in [0, 0.05) is 63.5 Å². The molecule has 6 aliphatic heterocycles. The number of hydrogen-bond acceptors (Lipinski definition) is 15. The number of carbonyl (C=O) groups excluding carboxylic acids is 2. The van der Waals surface area contributed by atoms with Crippen molar-refractivity contribution in [1.82, 2.24) is 0 Å². The monoisotopic (exact) mass is 1370 g/mol. The topological polar surface area (TPSA) is 165 Å². The SMILES string of the molecule is C.C1CCOC1.C=C[C@@H](OCc1ccc(OC)cc1)[C@@H](C)CC(=O)C[C@H](C)[C@@H]1O[C@@H]2CO[Si](C(C)(C)C)(C(C)(C)C)O[C@@H]2C[C@@H]1O.C=C[C@@H](OCc1ccc(OC)cc1)[C@@H](C)CI.C[C@H]1CC(=O)O[C@H]2C[C@H]3O[Si](C(C)(C)C)(C(C)(C)C)OC[C@H]3O[C@H]21. The molecule has 1 N–H and O–H groups in total. The maximum Gasteiger partial charge on any atom is 0.349 e. The largest absolute Gasteiger partial charge is 0.497 e. The lowest BCUT2D eigenvalue weighted by molar-refractivity contribution is -0.234. The molecule has 0 radical (unpaired) electrons. The Morgan fingerprint density at radius 2 is 1.10 bits per heavy atom. The van der Waals surface area contributed by atoms with E-state index in [1.165, 1.54) is 12.8 Å². The van der Waals surface area contributed by atoms with E-state index in [0.29, 0.717) is 58.0 Å². The summed E-state index contributed by atoms with van der Waals surface area (Å²) in [6, 6.07) is 15.7. The summed E-state index contributed by atoms with van der Waals surface area (Å²) in [6.45, 7) is 46.4. The van der Waals surface area contributed by atoms with Crippen LogP contribution in [0.15, 0.2) is 73.8 Å². The summed E-state index contributed by atoms with van der Waals surface area (Å²) < 4.78 is 73.0. The third-order valence-electron chi connectivity index (χ3n) is 17.5. The van der Waals surface area contributed by atoms with Gasteiger partial charge in [-0.3, -0.25) is 9.59 Å². The molecule has 496 valence electrons. The van der Waals surface area contributed by atoms with Crippen LogP contribution < -0.4 is 9.47 Å². The summed E-state index contributed by atoms with van der Waals surface area (Å²) in [5, 5.41) is 10.7. The second kappa shape index (κ2) is 33.8. The van der Waals surface area contributed by atoms with Crippen molar-refractivity contribution in [1.29, 1.82) is 0 Å². The Hall–Kier alpha value is -2.58. The first kappa shape index (κ1) is 76.9. The van der Waals surface area contributed by atoms with Crippen LogP contribution in [0.3, 0.4) is 0 Å². The number of rotatable bonds is 18. The second-order valence-electron chi connectivity index (χ2n) is 28.8. The van der Waals surface area contributed by atoms with E-state index in [4.69, 9.17) is 55.6 Å². The third kappa shape index (κ3) is 20.5. The van der Waals surface area contributed by atoms with Gasteiger partial charge in [0.2, 0.25) is 0 Å². The molecule has 15 nitrogen and oxygen atoms in total. The minimum absolute atomic E-state index is 0. The van der Waals surface area contributed by atoms with Gasteiger partial charge in [-0.15, -0.1) is 13.2 Å². The summed E-state index contributed by atoms with van der Waals surface area (Å²) in [5.74, 6) is 2.20. The molecule has 0 spiro atoms. The van der Waals surface area contributed by atoms with Crippen LogP contribution in [0.25, 0.3) is 0 Å². The molecule has 6 saturated heterocycles. The first-order valence-electron chi connectivity index (χ1n) is 31.5. The van der Waals surface area contributed by atoms with Crippen molar-refractivity contribution in [2.45, 2.75) is 258 Å². The van der Waals surface area contributed by atoms with Crippen molar-refractivity contribution >= 4 is 51.5 Å². The van der Waals surface area contributed by atoms with Crippen molar-refractivity contribution in [2.75, 3.05) is 45.1 Å². The minimum atomic E-state index is -2.64. The Labute approximate surface area is 541 Å². The number of alkyl halides is 1. The lowest BCUT2D eigenvalue weighted by atomic mass is 9.86. The van der Waals surface area contributed by atoms with E-state index in [1.54, 1.807) is 20.3 Å². The molecular formula is C69H115IO15Si2. The van der Waals surface area contributed by atoms with Crippen LogP contribution in [0.2, 0.25) is 20.2 Å². The van der Waals surface area contributed by atoms with E-state index in [2.05, 4.69) is 133 Å². The summed E-state index contributed by atoms with van der Waals surface area (Å²) in [5.41, 5.74) is 2.18. The van der Waals surface area contributed by atoms with Crippen LogP contribution in [0.5, 0.6) is 11.5 Å². The highest BCUT2D eigenvalue weighted by atomic mass is 127. The third-order valence-corrected chi connectivity index (χ3v) is 29.2. The number of benzene rings is 2. The predicted molar refractivity (Wildman–Crippen MR) is 359 cm³/mol. The molecular weight excluding hydrogens is 1250 g/mol. The normalized spacial score (nSPS) is 27.6. The predicted octanol–water partition coefficient (Wildman–Crippen LogP) is 15.2. The van der Waals surface area contributed by atoms with Gasteiger partial charge in [0.15, 0.2) is 0 Å². The quantitative estimate of drug-likeness (QED) is 0.0492. The van der Waals surface area contributed by atoms with E-state index in [0.717, 1.165) is 46.7 Å². The fourth-order valence-corrected chi connectivity index (χ4v) is 23.6. The maximum absolute atomic E-state index is 13.1. The fraction of sp³-hybridized carbons (Fsp3) is 0.739. The summed E-state index contributed by atoms with van der Waals surface area (Å²) >= 11 is 2.37. The number of Topliss-reactive ketones (excluding diaryl/α,β-unsaturated/α-hetero) is 1. The lowest BCUT2D eigenvalue weighted by Crippen LogP contribution is -2.68. The van der Waals surface area contributed by atoms with Crippen molar-refractivity contribution in [2.24, 2.45) is 23.7 Å². The number of carbonyl (C=O) groups is 2.